The SMILES string of the molecule is CNc1nc(-c2cc(Br)ccc2F)c(C#N)s1. The van der Waals surface area contributed by atoms with Gasteiger partial charge >= 0.3 is 0 Å². The van der Waals surface area contributed by atoms with Crippen LogP contribution < -0.4 is 5.32 Å². The number of benzene rings is 1. The highest BCUT2D eigenvalue weighted by Gasteiger charge is 2.16. The molecule has 0 spiro atoms. The molecule has 0 aliphatic carbocycles. The minimum absolute atomic E-state index is 0.327. The molecule has 2 aromatic rings. The molecule has 2 rings (SSSR count). The van der Waals surface area contributed by atoms with Crippen molar-refractivity contribution < 1.29 is 4.39 Å². The molecule has 0 atom stereocenters. The highest BCUT2D eigenvalue weighted by molar-refractivity contribution is 9.10. The first-order valence-corrected chi connectivity index (χ1v) is 6.30. The van der Waals surface area contributed by atoms with Crippen molar-refractivity contribution in [3.05, 3.63) is 33.4 Å². The van der Waals surface area contributed by atoms with Crippen molar-refractivity contribution in [1.82, 2.24) is 4.98 Å². The van der Waals surface area contributed by atoms with E-state index < -0.39 is 5.82 Å². The minimum Gasteiger partial charge on any atom is -0.365 e. The van der Waals surface area contributed by atoms with Gasteiger partial charge in [0.2, 0.25) is 0 Å². The van der Waals surface area contributed by atoms with Gasteiger partial charge in [-0.1, -0.05) is 27.3 Å². The van der Waals surface area contributed by atoms with Crippen LogP contribution in [0.3, 0.4) is 0 Å². The zero-order chi connectivity index (χ0) is 12.4. The molecule has 0 saturated heterocycles. The van der Waals surface area contributed by atoms with Gasteiger partial charge in [0.25, 0.3) is 0 Å². The van der Waals surface area contributed by atoms with E-state index in [0.717, 1.165) is 4.47 Å². The molecule has 0 radical (unpaired) electrons. The quantitative estimate of drug-likeness (QED) is 0.921. The fraction of sp³-hybridized carbons (Fsp3) is 0.0909. The zero-order valence-corrected chi connectivity index (χ0v) is 11.2. The van der Waals surface area contributed by atoms with E-state index in [1.807, 2.05) is 6.07 Å². The van der Waals surface area contributed by atoms with Gasteiger partial charge in [-0.3, -0.25) is 0 Å². The van der Waals surface area contributed by atoms with Gasteiger partial charge in [-0.25, -0.2) is 9.37 Å². The number of aromatic nitrogens is 1. The lowest BCUT2D eigenvalue weighted by Gasteiger charge is -2.00. The molecule has 17 heavy (non-hydrogen) atoms. The Labute approximate surface area is 110 Å². The number of anilines is 1. The highest BCUT2D eigenvalue weighted by atomic mass is 79.9. The maximum absolute atomic E-state index is 13.7. The van der Waals surface area contributed by atoms with Crippen molar-refractivity contribution in [3.63, 3.8) is 0 Å². The van der Waals surface area contributed by atoms with E-state index in [2.05, 4.69) is 26.2 Å². The Morgan fingerprint density at radius 1 is 1.53 bits per heavy atom. The van der Waals surface area contributed by atoms with Gasteiger partial charge in [-0.15, -0.1) is 0 Å². The topological polar surface area (TPSA) is 48.7 Å². The lowest BCUT2D eigenvalue weighted by atomic mass is 10.1. The van der Waals surface area contributed by atoms with Crippen LogP contribution in [0, 0.1) is 17.1 Å². The lowest BCUT2D eigenvalue weighted by molar-refractivity contribution is 0.630. The summed E-state index contributed by atoms with van der Waals surface area (Å²) in [7, 11) is 1.71. The average Bonchev–Trinajstić information content (AvgIpc) is 2.75. The molecule has 86 valence electrons. The molecule has 0 aliphatic rings. The number of thiazole rings is 1. The molecular formula is C11H7BrFN3S. The summed E-state index contributed by atoms with van der Waals surface area (Å²) < 4.78 is 14.4. The summed E-state index contributed by atoms with van der Waals surface area (Å²) >= 11 is 4.48. The van der Waals surface area contributed by atoms with Crippen LogP contribution in [0.2, 0.25) is 0 Å². The van der Waals surface area contributed by atoms with E-state index >= 15 is 0 Å². The van der Waals surface area contributed by atoms with Crippen LogP contribution in [0.5, 0.6) is 0 Å². The molecule has 0 amide bonds. The molecule has 0 saturated carbocycles. The Balaban J connectivity index is 2.63. The standard InChI is InChI=1S/C11H7BrFN3S/c1-15-11-16-10(9(5-14)17-11)7-4-6(12)2-3-8(7)13/h2-4H,1H3,(H,15,16). The van der Waals surface area contributed by atoms with Crippen molar-refractivity contribution in [2.75, 3.05) is 12.4 Å². The average molecular weight is 312 g/mol. The van der Waals surface area contributed by atoms with Gasteiger partial charge in [0.1, 0.15) is 22.5 Å². The Kier molecular flexibility index (Phi) is 3.41. The molecule has 1 N–H and O–H groups in total. The second-order valence-electron chi connectivity index (χ2n) is 3.18. The van der Waals surface area contributed by atoms with Gasteiger partial charge in [-0.05, 0) is 18.2 Å². The van der Waals surface area contributed by atoms with E-state index in [1.54, 1.807) is 19.2 Å². The van der Waals surface area contributed by atoms with Crippen molar-refractivity contribution in [3.8, 4) is 17.3 Å². The number of rotatable bonds is 2. The molecule has 6 heteroatoms. The molecule has 0 fully saturated rings. The second kappa shape index (κ2) is 4.82. The summed E-state index contributed by atoms with van der Waals surface area (Å²) in [6, 6.07) is 6.60. The molecule has 1 heterocycles. The highest BCUT2D eigenvalue weighted by Crippen LogP contribution is 2.33. The molecule has 0 bridgehead atoms. The van der Waals surface area contributed by atoms with Crippen molar-refractivity contribution in [2.24, 2.45) is 0 Å². The van der Waals surface area contributed by atoms with E-state index in [-0.39, 0.29) is 0 Å². The zero-order valence-electron chi connectivity index (χ0n) is 8.79. The Morgan fingerprint density at radius 2 is 2.29 bits per heavy atom. The Bertz CT molecular complexity index is 603. The predicted molar refractivity (Wildman–Crippen MR) is 69.5 cm³/mol. The number of hydrogen-bond acceptors (Lipinski definition) is 4. The third-order valence-corrected chi connectivity index (χ3v) is 3.60. The predicted octanol–water partition coefficient (Wildman–Crippen LogP) is 3.63. The summed E-state index contributed by atoms with van der Waals surface area (Å²) in [4.78, 5) is 4.59. The van der Waals surface area contributed by atoms with Crippen molar-refractivity contribution in [1.29, 1.82) is 5.26 Å². The normalized spacial score (nSPS) is 10.0. The van der Waals surface area contributed by atoms with Gasteiger partial charge in [-0.2, -0.15) is 5.26 Å². The molecular weight excluding hydrogens is 305 g/mol. The van der Waals surface area contributed by atoms with Gasteiger partial charge in [0, 0.05) is 17.1 Å². The third-order valence-electron chi connectivity index (χ3n) is 2.13. The monoisotopic (exact) mass is 311 g/mol. The number of halogens is 2. The van der Waals surface area contributed by atoms with E-state index in [0.29, 0.717) is 21.3 Å². The minimum atomic E-state index is -0.391. The van der Waals surface area contributed by atoms with Crippen molar-refractivity contribution >= 4 is 32.4 Å². The lowest BCUT2D eigenvalue weighted by Crippen LogP contribution is -1.89. The fourth-order valence-electron chi connectivity index (χ4n) is 1.36. The molecule has 0 aliphatic heterocycles. The van der Waals surface area contributed by atoms with E-state index in [9.17, 15) is 4.39 Å². The Hall–Kier alpha value is -1.45. The summed E-state index contributed by atoms with van der Waals surface area (Å²) in [5.74, 6) is -0.391. The first-order valence-electron chi connectivity index (χ1n) is 4.70. The number of hydrogen-bond donors (Lipinski definition) is 1. The molecule has 1 aromatic carbocycles. The summed E-state index contributed by atoms with van der Waals surface area (Å²) in [6.45, 7) is 0. The van der Waals surface area contributed by atoms with Crippen LogP contribution in [0.15, 0.2) is 22.7 Å². The maximum Gasteiger partial charge on any atom is 0.184 e. The fourth-order valence-corrected chi connectivity index (χ4v) is 2.46. The summed E-state index contributed by atoms with van der Waals surface area (Å²) in [6.07, 6.45) is 0. The number of nitrogens with zero attached hydrogens (tertiary/aromatic N) is 2. The summed E-state index contributed by atoms with van der Waals surface area (Å²) in [5, 5.41) is 12.4. The van der Waals surface area contributed by atoms with Gasteiger partial charge < -0.3 is 5.32 Å². The maximum atomic E-state index is 13.7. The van der Waals surface area contributed by atoms with Crippen LogP contribution in [-0.2, 0) is 0 Å². The third kappa shape index (κ3) is 2.30. The number of nitriles is 1. The van der Waals surface area contributed by atoms with Gasteiger partial charge in [0.15, 0.2) is 5.13 Å². The largest absolute Gasteiger partial charge is 0.365 e. The van der Waals surface area contributed by atoms with Crippen LogP contribution in [0.1, 0.15) is 4.88 Å². The smallest absolute Gasteiger partial charge is 0.184 e. The molecule has 3 nitrogen and oxygen atoms in total. The van der Waals surface area contributed by atoms with Crippen LogP contribution in [-0.4, -0.2) is 12.0 Å². The Morgan fingerprint density at radius 3 is 2.94 bits per heavy atom. The summed E-state index contributed by atoms with van der Waals surface area (Å²) in [5.41, 5.74) is 0.703. The van der Waals surface area contributed by atoms with Crippen LogP contribution in [0.4, 0.5) is 9.52 Å². The number of nitrogens with one attached hydrogen (secondary N) is 1. The van der Waals surface area contributed by atoms with E-state index in [4.69, 9.17) is 5.26 Å². The van der Waals surface area contributed by atoms with Crippen LogP contribution >= 0.6 is 27.3 Å². The van der Waals surface area contributed by atoms with E-state index in [1.165, 1.54) is 17.4 Å². The van der Waals surface area contributed by atoms with Crippen molar-refractivity contribution in [2.45, 2.75) is 0 Å². The molecule has 0 unspecified atom stereocenters. The van der Waals surface area contributed by atoms with Crippen LogP contribution in [0.25, 0.3) is 11.3 Å². The first kappa shape index (κ1) is 12.0. The first-order chi connectivity index (χ1) is 8.15. The molecule has 1 aromatic heterocycles. The second-order valence-corrected chi connectivity index (χ2v) is 5.10. The van der Waals surface area contributed by atoms with Gasteiger partial charge in [0.05, 0.1) is 0 Å².